The third-order valence-corrected chi connectivity index (χ3v) is 4.14. The predicted molar refractivity (Wildman–Crippen MR) is 78.0 cm³/mol. The van der Waals surface area contributed by atoms with Crippen molar-refractivity contribution in [3.63, 3.8) is 0 Å². The molecule has 0 aromatic heterocycles. The topological polar surface area (TPSA) is 92.7 Å². The zero-order valence-electron chi connectivity index (χ0n) is 11.7. The van der Waals surface area contributed by atoms with Crippen LogP contribution >= 0.6 is 0 Å². The molecule has 112 valence electrons. The van der Waals surface area contributed by atoms with Gasteiger partial charge in [-0.1, -0.05) is 0 Å². The molecule has 0 atom stereocenters. The second-order valence-electron chi connectivity index (χ2n) is 5.59. The zero-order valence-corrected chi connectivity index (χ0v) is 11.7. The second-order valence-corrected chi connectivity index (χ2v) is 5.59. The van der Waals surface area contributed by atoms with Crippen LogP contribution in [0.5, 0.6) is 0 Å². The van der Waals surface area contributed by atoms with Gasteiger partial charge < -0.3 is 10.6 Å². The fourth-order valence-corrected chi connectivity index (χ4v) is 2.77. The molecule has 2 aliphatic rings. The van der Waals surface area contributed by atoms with Crippen LogP contribution in [0.2, 0.25) is 0 Å². The molecular formula is C14H18N4O3. The fraction of sp³-hybridized carbons (Fsp3) is 0.500. The Hall–Kier alpha value is -2.15. The van der Waals surface area contributed by atoms with Crippen LogP contribution < -0.4 is 5.73 Å². The highest BCUT2D eigenvalue weighted by Crippen LogP contribution is 2.28. The second kappa shape index (κ2) is 5.33. The molecule has 21 heavy (non-hydrogen) atoms. The minimum Gasteiger partial charge on any atom is -0.393 e. The Morgan fingerprint density at radius 1 is 1.24 bits per heavy atom. The summed E-state index contributed by atoms with van der Waals surface area (Å²) in [6, 6.07) is 4.89. The molecule has 0 unspecified atom stereocenters. The summed E-state index contributed by atoms with van der Waals surface area (Å²) in [5.41, 5.74) is 5.92. The minimum atomic E-state index is -0.544. The number of benzene rings is 1. The number of nitrogen functional groups attached to an aromatic ring is 1. The van der Waals surface area contributed by atoms with Crippen molar-refractivity contribution < 1.29 is 9.72 Å². The van der Waals surface area contributed by atoms with E-state index in [1.54, 1.807) is 4.90 Å². The fourth-order valence-electron chi connectivity index (χ4n) is 2.77. The Balaban J connectivity index is 1.67. The first-order valence-corrected chi connectivity index (χ1v) is 7.13. The van der Waals surface area contributed by atoms with Gasteiger partial charge >= 0.3 is 0 Å². The van der Waals surface area contributed by atoms with Gasteiger partial charge in [0.25, 0.3) is 11.6 Å². The quantitative estimate of drug-likeness (QED) is 0.511. The average Bonchev–Trinajstić information content (AvgIpc) is 3.31. The van der Waals surface area contributed by atoms with Gasteiger partial charge in [-0.3, -0.25) is 19.8 Å². The van der Waals surface area contributed by atoms with Crippen molar-refractivity contribution in [2.45, 2.75) is 18.9 Å². The van der Waals surface area contributed by atoms with E-state index in [0.717, 1.165) is 19.1 Å². The third-order valence-electron chi connectivity index (χ3n) is 4.14. The zero-order chi connectivity index (χ0) is 15.0. The molecule has 0 bridgehead atoms. The Labute approximate surface area is 122 Å². The molecule has 3 rings (SSSR count). The van der Waals surface area contributed by atoms with Gasteiger partial charge in [0.2, 0.25) is 0 Å². The summed E-state index contributed by atoms with van der Waals surface area (Å²) in [6.45, 7) is 3.20. The Bertz CT molecular complexity index is 578. The number of carbonyl (C=O) groups is 1. The highest BCUT2D eigenvalue weighted by Gasteiger charge is 2.32. The molecule has 7 heteroatoms. The maximum Gasteiger partial charge on any atom is 0.292 e. The van der Waals surface area contributed by atoms with E-state index in [1.807, 2.05) is 0 Å². The van der Waals surface area contributed by atoms with Crippen molar-refractivity contribution in [2.75, 3.05) is 31.9 Å². The van der Waals surface area contributed by atoms with Gasteiger partial charge in [-0.05, 0) is 25.0 Å². The molecule has 2 N–H and O–H groups in total. The van der Waals surface area contributed by atoms with Crippen LogP contribution in [0.3, 0.4) is 0 Å². The van der Waals surface area contributed by atoms with Crippen LogP contribution in [0.15, 0.2) is 18.2 Å². The SMILES string of the molecule is Nc1cc(C(=O)N2CCN(C3CC3)CC2)ccc1[N+](=O)[O-]. The van der Waals surface area contributed by atoms with E-state index in [4.69, 9.17) is 5.73 Å². The Morgan fingerprint density at radius 2 is 1.90 bits per heavy atom. The maximum absolute atomic E-state index is 12.4. The molecule has 1 heterocycles. The highest BCUT2D eigenvalue weighted by molar-refractivity contribution is 5.95. The largest absolute Gasteiger partial charge is 0.393 e. The molecule has 1 aliphatic heterocycles. The molecule has 1 aromatic carbocycles. The van der Waals surface area contributed by atoms with Gasteiger partial charge in [0.15, 0.2) is 0 Å². The van der Waals surface area contributed by atoms with Crippen molar-refractivity contribution in [3.05, 3.63) is 33.9 Å². The molecule has 2 fully saturated rings. The van der Waals surface area contributed by atoms with E-state index in [0.29, 0.717) is 18.7 Å². The van der Waals surface area contributed by atoms with Gasteiger partial charge in [-0.25, -0.2) is 0 Å². The first-order valence-electron chi connectivity index (χ1n) is 7.13. The molecule has 1 amide bonds. The van der Waals surface area contributed by atoms with E-state index in [2.05, 4.69) is 4.90 Å². The van der Waals surface area contributed by atoms with Gasteiger partial charge in [0.05, 0.1) is 4.92 Å². The summed E-state index contributed by atoms with van der Waals surface area (Å²) in [5.74, 6) is -0.105. The summed E-state index contributed by atoms with van der Waals surface area (Å²) in [7, 11) is 0. The van der Waals surface area contributed by atoms with E-state index in [-0.39, 0.29) is 17.3 Å². The lowest BCUT2D eigenvalue weighted by Gasteiger charge is -2.34. The number of anilines is 1. The van der Waals surface area contributed by atoms with Crippen LogP contribution in [-0.2, 0) is 0 Å². The molecule has 1 aromatic rings. The van der Waals surface area contributed by atoms with Crippen molar-refractivity contribution in [1.82, 2.24) is 9.80 Å². The number of nitrogens with zero attached hydrogens (tertiary/aromatic N) is 3. The van der Waals surface area contributed by atoms with Gasteiger partial charge in [-0.2, -0.15) is 0 Å². The monoisotopic (exact) mass is 290 g/mol. The molecule has 1 saturated carbocycles. The molecule has 0 spiro atoms. The number of rotatable bonds is 3. The van der Waals surface area contributed by atoms with E-state index in [9.17, 15) is 14.9 Å². The summed E-state index contributed by atoms with van der Waals surface area (Å²) < 4.78 is 0. The summed E-state index contributed by atoms with van der Waals surface area (Å²) in [4.78, 5) is 26.8. The van der Waals surface area contributed by atoms with Crippen molar-refractivity contribution >= 4 is 17.3 Å². The number of nitrogens with two attached hydrogens (primary N) is 1. The number of nitro benzene ring substituents is 1. The first kappa shape index (κ1) is 13.8. The number of hydrogen-bond acceptors (Lipinski definition) is 5. The number of piperazine rings is 1. The van der Waals surface area contributed by atoms with E-state index < -0.39 is 4.92 Å². The molecule has 1 aliphatic carbocycles. The lowest BCUT2D eigenvalue weighted by Crippen LogP contribution is -2.49. The Morgan fingerprint density at radius 3 is 2.43 bits per heavy atom. The smallest absolute Gasteiger partial charge is 0.292 e. The summed E-state index contributed by atoms with van der Waals surface area (Å²) in [5, 5.41) is 10.7. The third kappa shape index (κ3) is 2.82. The predicted octanol–water partition coefficient (Wildman–Crippen LogP) is 1.10. The lowest BCUT2D eigenvalue weighted by atomic mass is 10.1. The van der Waals surface area contributed by atoms with Crippen molar-refractivity contribution in [1.29, 1.82) is 0 Å². The number of nitro groups is 1. The molecule has 0 radical (unpaired) electrons. The normalized spacial score (nSPS) is 19.5. The van der Waals surface area contributed by atoms with Gasteiger partial charge in [0, 0.05) is 43.9 Å². The Kier molecular flexibility index (Phi) is 3.50. The lowest BCUT2D eigenvalue weighted by molar-refractivity contribution is -0.383. The minimum absolute atomic E-state index is 0.0301. The van der Waals surface area contributed by atoms with Gasteiger partial charge in [0.1, 0.15) is 5.69 Å². The molecule has 1 saturated heterocycles. The number of amides is 1. The highest BCUT2D eigenvalue weighted by atomic mass is 16.6. The van der Waals surface area contributed by atoms with Crippen LogP contribution in [0.1, 0.15) is 23.2 Å². The van der Waals surface area contributed by atoms with Crippen molar-refractivity contribution in [2.24, 2.45) is 0 Å². The van der Waals surface area contributed by atoms with Gasteiger partial charge in [-0.15, -0.1) is 0 Å². The average molecular weight is 290 g/mol. The number of hydrogen-bond donors (Lipinski definition) is 1. The van der Waals surface area contributed by atoms with Crippen molar-refractivity contribution in [3.8, 4) is 0 Å². The molecule has 7 nitrogen and oxygen atoms in total. The van der Waals surface area contributed by atoms with Crippen LogP contribution in [-0.4, -0.2) is 52.9 Å². The van der Waals surface area contributed by atoms with E-state index >= 15 is 0 Å². The summed E-state index contributed by atoms with van der Waals surface area (Å²) >= 11 is 0. The molecular weight excluding hydrogens is 272 g/mol. The first-order chi connectivity index (χ1) is 10.1. The summed E-state index contributed by atoms with van der Waals surface area (Å²) in [6.07, 6.45) is 2.54. The maximum atomic E-state index is 12.4. The number of carbonyl (C=O) groups excluding carboxylic acids is 1. The standard InChI is InChI=1S/C14H18N4O3/c15-12-9-10(1-4-13(12)18(20)21)14(19)17-7-5-16(6-8-17)11-2-3-11/h1,4,9,11H,2-3,5-8,15H2. The van der Waals surface area contributed by atoms with Crippen LogP contribution in [0.25, 0.3) is 0 Å². The van der Waals surface area contributed by atoms with Crippen LogP contribution in [0.4, 0.5) is 11.4 Å². The van der Waals surface area contributed by atoms with E-state index in [1.165, 1.54) is 31.0 Å². The van der Waals surface area contributed by atoms with Crippen LogP contribution in [0, 0.1) is 10.1 Å².